The van der Waals surface area contributed by atoms with Crippen molar-refractivity contribution in [2.75, 3.05) is 6.61 Å². The van der Waals surface area contributed by atoms with E-state index in [1.54, 1.807) is 49.4 Å². The third-order valence-electron chi connectivity index (χ3n) is 4.02. The number of carbonyl (C=O) groups is 2. The van der Waals surface area contributed by atoms with Crippen LogP contribution in [-0.2, 0) is 9.53 Å². The first kappa shape index (κ1) is 16.2. The number of rotatable bonds is 3. The lowest BCUT2D eigenvalue weighted by molar-refractivity contribution is -0.160. The number of halogens is 1. The Morgan fingerprint density at radius 2 is 1.88 bits per heavy atom. The van der Waals surface area contributed by atoms with Gasteiger partial charge in [-0.2, -0.15) is 0 Å². The zero-order chi connectivity index (χ0) is 17.3. The van der Waals surface area contributed by atoms with Gasteiger partial charge in [-0.1, -0.05) is 42.0 Å². The molecule has 2 atom stereocenters. The Labute approximate surface area is 139 Å². The lowest BCUT2D eigenvalue weighted by Gasteiger charge is -2.35. The van der Waals surface area contributed by atoms with Crippen LogP contribution in [0.1, 0.15) is 34.5 Å². The molecule has 24 heavy (non-hydrogen) atoms. The minimum atomic E-state index is -2.92. The molecule has 2 aromatic rings. The van der Waals surface area contributed by atoms with Crippen molar-refractivity contribution in [3.8, 4) is 5.75 Å². The molecule has 0 spiro atoms. The Morgan fingerprint density at radius 3 is 2.54 bits per heavy atom. The first-order valence-corrected chi connectivity index (χ1v) is 7.71. The molecule has 1 aliphatic rings. The molecule has 0 bridgehead atoms. The zero-order valence-electron chi connectivity index (χ0n) is 13.4. The quantitative estimate of drug-likeness (QED) is 0.638. The minimum Gasteiger partial charge on any atom is -0.480 e. The Bertz CT molecular complexity index is 784. The van der Waals surface area contributed by atoms with Gasteiger partial charge in [0.15, 0.2) is 6.10 Å². The van der Waals surface area contributed by atoms with Crippen molar-refractivity contribution >= 4 is 11.8 Å². The van der Waals surface area contributed by atoms with Gasteiger partial charge in [0.2, 0.25) is 5.78 Å². The van der Waals surface area contributed by atoms with E-state index in [1.807, 2.05) is 6.92 Å². The Balaban J connectivity index is 2.15. The molecule has 0 radical (unpaired) electrons. The van der Waals surface area contributed by atoms with Crippen LogP contribution < -0.4 is 4.74 Å². The summed E-state index contributed by atoms with van der Waals surface area (Å²) in [6.07, 6.45) is -1.39. The van der Waals surface area contributed by atoms with Crippen molar-refractivity contribution in [3.05, 3.63) is 65.2 Å². The highest BCUT2D eigenvalue weighted by molar-refractivity contribution is 6.18. The number of alkyl halides is 1. The van der Waals surface area contributed by atoms with E-state index in [2.05, 4.69) is 0 Å². The number of fused-ring (bicyclic) bond motifs is 1. The van der Waals surface area contributed by atoms with Gasteiger partial charge in [0.1, 0.15) is 5.75 Å². The Hall–Kier alpha value is -2.69. The average Bonchev–Trinajstić information content (AvgIpc) is 2.59. The zero-order valence-corrected chi connectivity index (χ0v) is 13.4. The monoisotopic (exact) mass is 328 g/mol. The van der Waals surface area contributed by atoms with Crippen molar-refractivity contribution in [3.63, 3.8) is 0 Å². The van der Waals surface area contributed by atoms with E-state index in [-0.39, 0.29) is 17.9 Å². The molecule has 0 aliphatic carbocycles. The summed E-state index contributed by atoms with van der Waals surface area (Å²) in [7, 11) is 0. The van der Waals surface area contributed by atoms with Crippen LogP contribution in [0.25, 0.3) is 0 Å². The first-order chi connectivity index (χ1) is 11.5. The van der Waals surface area contributed by atoms with Gasteiger partial charge in [0.05, 0.1) is 12.2 Å². The normalized spacial score (nSPS) is 22.5. The molecular weight excluding hydrogens is 311 g/mol. The second kappa shape index (κ2) is 6.07. The number of ketones is 1. The van der Waals surface area contributed by atoms with Gasteiger partial charge < -0.3 is 9.47 Å². The molecular formula is C19H17FO4. The fraction of sp³-hybridized carbons (Fsp3) is 0.263. The van der Waals surface area contributed by atoms with E-state index in [4.69, 9.17) is 9.47 Å². The van der Waals surface area contributed by atoms with Crippen LogP contribution >= 0.6 is 0 Å². The van der Waals surface area contributed by atoms with E-state index in [9.17, 15) is 9.59 Å². The highest BCUT2D eigenvalue weighted by atomic mass is 19.1. The van der Waals surface area contributed by atoms with Crippen LogP contribution in [0, 0.1) is 6.92 Å². The molecule has 124 valence electrons. The number of benzene rings is 2. The van der Waals surface area contributed by atoms with E-state index < -0.39 is 23.5 Å². The minimum absolute atomic E-state index is 0.0277. The van der Waals surface area contributed by atoms with Crippen molar-refractivity contribution in [1.82, 2.24) is 0 Å². The largest absolute Gasteiger partial charge is 0.480 e. The van der Waals surface area contributed by atoms with Crippen LogP contribution in [0.5, 0.6) is 5.75 Å². The van der Waals surface area contributed by atoms with Crippen LogP contribution in [0.4, 0.5) is 4.39 Å². The number of hydrogen-bond donors (Lipinski definition) is 0. The predicted octanol–water partition coefficient (Wildman–Crippen LogP) is 3.58. The maximum Gasteiger partial charge on any atom is 0.356 e. The van der Waals surface area contributed by atoms with E-state index in [1.165, 1.54) is 6.07 Å². The maximum absolute atomic E-state index is 15.7. The smallest absolute Gasteiger partial charge is 0.356 e. The van der Waals surface area contributed by atoms with Gasteiger partial charge in [0.25, 0.3) is 0 Å². The van der Waals surface area contributed by atoms with E-state index in [0.717, 1.165) is 5.56 Å². The van der Waals surface area contributed by atoms with Gasteiger partial charge in [-0.15, -0.1) is 0 Å². The van der Waals surface area contributed by atoms with Gasteiger partial charge in [-0.3, -0.25) is 4.79 Å². The molecule has 0 saturated carbocycles. The van der Waals surface area contributed by atoms with Gasteiger partial charge in [-0.25, -0.2) is 9.18 Å². The first-order valence-electron chi connectivity index (χ1n) is 7.71. The fourth-order valence-corrected chi connectivity index (χ4v) is 2.76. The van der Waals surface area contributed by atoms with Gasteiger partial charge in [-0.05, 0) is 31.5 Å². The van der Waals surface area contributed by atoms with Crippen LogP contribution in [0.15, 0.2) is 48.5 Å². The van der Waals surface area contributed by atoms with E-state index in [0.29, 0.717) is 5.56 Å². The maximum atomic E-state index is 15.7. The number of esters is 1. The highest BCUT2D eigenvalue weighted by Gasteiger charge is 2.60. The summed E-state index contributed by atoms with van der Waals surface area (Å²) in [5.41, 5.74) is -1.50. The number of aryl methyl sites for hydroxylation is 1. The van der Waals surface area contributed by atoms with Crippen molar-refractivity contribution < 1.29 is 23.5 Å². The summed E-state index contributed by atoms with van der Waals surface area (Å²) in [6.45, 7) is 3.42. The molecule has 0 unspecified atom stereocenters. The molecule has 2 aromatic carbocycles. The summed E-state index contributed by atoms with van der Waals surface area (Å²) >= 11 is 0. The topological polar surface area (TPSA) is 52.6 Å². The molecule has 1 aliphatic heterocycles. The second-order valence-electron chi connectivity index (χ2n) is 5.67. The molecule has 5 heteroatoms. The summed E-state index contributed by atoms with van der Waals surface area (Å²) in [6, 6.07) is 13.1. The SMILES string of the molecule is CCOC(=O)[C@]1(F)C(=O)c2ccccc2O[C@@H]1c1ccc(C)cc1. The third kappa shape index (κ3) is 2.46. The summed E-state index contributed by atoms with van der Waals surface area (Å²) in [4.78, 5) is 25.0. The molecule has 0 N–H and O–H groups in total. The number of Topliss-reactive ketones (excluding diaryl/α,β-unsaturated/α-hetero) is 1. The number of carbonyl (C=O) groups excluding carboxylic acids is 2. The number of para-hydroxylation sites is 1. The highest BCUT2D eigenvalue weighted by Crippen LogP contribution is 2.44. The molecule has 3 rings (SSSR count). The number of ether oxygens (including phenoxy) is 2. The molecule has 1 heterocycles. The summed E-state index contributed by atoms with van der Waals surface area (Å²) < 4.78 is 26.3. The number of hydrogen-bond acceptors (Lipinski definition) is 4. The summed E-state index contributed by atoms with van der Waals surface area (Å²) in [5.74, 6) is -1.91. The Kier molecular flexibility index (Phi) is 4.09. The van der Waals surface area contributed by atoms with Crippen LogP contribution in [-0.4, -0.2) is 24.0 Å². The molecule has 4 nitrogen and oxygen atoms in total. The lowest BCUT2D eigenvalue weighted by Crippen LogP contribution is -2.53. The molecule has 0 aromatic heterocycles. The van der Waals surface area contributed by atoms with Crippen molar-refractivity contribution in [2.24, 2.45) is 0 Å². The second-order valence-corrected chi connectivity index (χ2v) is 5.67. The van der Waals surface area contributed by atoms with Crippen LogP contribution in [0.3, 0.4) is 0 Å². The van der Waals surface area contributed by atoms with Crippen molar-refractivity contribution in [2.45, 2.75) is 25.6 Å². The average molecular weight is 328 g/mol. The predicted molar refractivity (Wildman–Crippen MR) is 85.8 cm³/mol. The third-order valence-corrected chi connectivity index (χ3v) is 4.02. The van der Waals surface area contributed by atoms with E-state index >= 15 is 4.39 Å². The molecule has 0 fully saturated rings. The standard InChI is InChI=1S/C19H17FO4/c1-3-23-18(22)19(20)16(21)14-6-4-5-7-15(14)24-17(19)13-10-8-12(2)9-11-13/h4-11,17H,3H2,1-2H3/t17-,19+/m1/s1. The van der Waals surface area contributed by atoms with Crippen molar-refractivity contribution in [1.29, 1.82) is 0 Å². The fourth-order valence-electron chi connectivity index (χ4n) is 2.76. The summed E-state index contributed by atoms with van der Waals surface area (Å²) in [5, 5.41) is 0. The molecule has 0 saturated heterocycles. The van der Waals surface area contributed by atoms with Gasteiger partial charge in [0, 0.05) is 0 Å². The van der Waals surface area contributed by atoms with Gasteiger partial charge >= 0.3 is 11.6 Å². The lowest BCUT2D eigenvalue weighted by atomic mass is 9.82. The molecule has 0 amide bonds. The van der Waals surface area contributed by atoms with Crippen LogP contribution in [0.2, 0.25) is 0 Å². The Morgan fingerprint density at radius 1 is 1.21 bits per heavy atom.